The van der Waals surface area contributed by atoms with E-state index in [0.717, 1.165) is 36.7 Å². The summed E-state index contributed by atoms with van der Waals surface area (Å²) in [5.41, 5.74) is 0.983. The Morgan fingerprint density at radius 2 is 2.25 bits per heavy atom. The van der Waals surface area contributed by atoms with Gasteiger partial charge in [0.25, 0.3) is 0 Å². The lowest BCUT2D eigenvalue weighted by Gasteiger charge is -2.32. The van der Waals surface area contributed by atoms with E-state index < -0.39 is 6.61 Å². The summed E-state index contributed by atoms with van der Waals surface area (Å²) in [4.78, 5) is 24.2. The summed E-state index contributed by atoms with van der Waals surface area (Å²) in [5, 5.41) is 8.98. The summed E-state index contributed by atoms with van der Waals surface area (Å²) >= 11 is 0. The van der Waals surface area contributed by atoms with Crippen molar-refractivity contribution >= 4 is 11.7 Å². The van der Waals surface area contributed by atoms with Crippen LogP contribution in [0.1, 0.15) is 30.3 Å². The molecule has 1 atom stereocenters. The number of likely N-dealkylation sites (tertiary alicyclic amines) is 1. The number of piperidine rings is 1. The molecular weight excluding hydrogens is 256 g/mol. The molecule has 110 valence electrons. The number of rotatable bonds is 3. The van der Waals surface area contributed by atoms with E-state index >= 15 is 0 Å². The summed E-state index contributed by atoms with van der Waals surface area (Å²) in [6, 6.07) is 1.99. The maximum atomic E-state index is 11.6. The molecule has 20 heavy (non-hydrogen) atoms. The molecule has 2 heterocycles. The minimum Gasteiger partial charge on any atom is -0.387 e. The van der Waals surface area contributed by atoms with E-state index in [-0.39, 0.29) is 11.8 Å². The molecule has 0 saturated carbocycles. The molecule has 1 aliphatic heterocycles. The molecule has 1 aliphatic rings. The number of aliphatic hydroxyl groups excluding tert-OH is 1. The Balaban J connectivity index is 2.20. The molecule has 1 aromatic heterocycles. The topological polar surface area (TPSA) is 69.6 Å². The highest BCUT2D eigenvalue weighted by atomic mass is 16.3. The Morgan fingerprint density at radius 1 is 1.50 bits per heavy atom. The maximum absolute atomic E-state index is 11.6. The number of carbonyl (C=O) groups is 1. The fraction of sp³-hybridized carbons (Fsp3) is 0.643. The van der Waals surface area contributed by atoms with Crippen LogP contribution in [0.4, 0.5) is 5.82 Å². The molecule has 0 aliphatic carbocycles. The van der Waals surface area contributed by atoms with Gasteiger partial charge in [-0.05, 0) is 19.8 Å². The van der Waals surface area contributed by atoms with E-state index in [1.54, 1.807) is 4.90 Å². The minimum atomic E-state index is -0.418. The molecule has 1 aromatic rings. The standard InChI is InChI=1S/C14H22N4O2/c1-10-15-12(7-13(16-10)17(2)3)11-5-4-6-18(8-11)14(20)9-19/h7,11,19H,4-6,8-9H2,1-3H3/t11-/m0/s1. The van der Waals surface area contributed by atoms with Gasteiger partial charge in [-0.15, -0.1) is 0 Å². The Kier molecular flexibility index (Phi) is 4.54. The number of amides is 1. The van der Waals surface area contributed by atoms with E-state index in [1.165, 1.54) is 0 Å². The van der Waals surface area contributed by atoms with Gasteiger partial charge in [-0.1, -0.05) is 0 Å². The second kappa shape index (κ2) is 6.17. The van der Waals surface area contributed by atoms with Gasteiger partial charge in [0.15, 0.2) is 0 Å². The number of hydrogen-bond acceptors (Lipinski definition) is 5. The molecule has 0 unspecified atom stereocenters. The molecule has 0 radical (unpaired) electrons. The van der Waals surface area contributed by atoms with Crippen molar-refractivity contribution in [1.29, 1.82) is 0 Å². The third-order valence-electron chi connectivity index (χ3n) is 3.63. The normalized spacial score (nSPS) is 19.0. The molecule has 2 rings (SSSR count). The molecule has 1 N–H and O–H groups in total. The van der Waals surface area contributed by atoms with E-state index in [9.17, 15) is 4.79 Å². The summed E-state index contributed by atoms with van der Waals surface area (Å²) in [6.07, 6.45) is 1.95. The molecule has 6 nitrogen and oxygen atoms in total. The van der Waals surface area contributed by atoms with E-state index in [4.69, 9.17) is 5.11 Å². The van der Waals surface area contributed by atoms with Gasteiger partial charge in [0.05, 0.1) is 5.69 Å². The molecular formula is C14H22N4O2. The second-order valence-electron chi connectivity index (χ2n) is 5.43. The first kappa shape index (κ1) is 14.7. The third kappa shape index (κ3) is 3.25. The predicted octanol–water partition coefficient (Wildman–Crippen LogP) is 0.549. The average Bonchev–Trinajstić information content (AvgIpc) is 2.45. The number of carbonyl (C=O) groups excluding carboxylic acids is 1. The zero-order valence-electron chi connectivity index (χ0n) is 12.3. The average molecular weight is 278 g/mol. The predicted molar refractivity (Wildman–Crippen MR) is 76.7 cm³/mol. The molecule has 1 fully saturated rings. The molecule has 0 aromatic carbocycles. The molecule has 1 saturated heterocycles. The van der Waals surface area contributed by atoms with Crippen molar-refractivity contribution in [3.05, 3.63) is 17.6 Å². The van der Waals surface area contributed by atoms with Crippen LogP contribution in [-0.2, 0) is 4.79 Å². The number of nitrogens with zero attached hydrogens (tertiary/aromatic N) is 4. The lowest BCUT2D eigenvalue weighted by Crippen LogP contribution is -2.40. The van der Waals surface area contributed by atoms with Gasteiger partial charge in [-0.25, -0.2) is 9.97 Å². The van der Waals surface area contributed by atoms with Crippen molar-refractivity contribution in [1.82, 2.24) is 14.9 Å². The van der Waals surface area contributed by atoms with Gasteiger partial charge < -0.3 is 14.9 Å². The molecule has 0 bridgehead atoms. The molecule has 6 heteroatoms. The van der Waals surface area contributed by atoms with Gasteiger partial charge in [0.1, 0.15) is 18.2 Å². The van der Waals surface area contributed by atoms with Crippen molar-refractivity contribution in [2.24, 2.45) is 0 Å². The zero-order valence-corrected chi connectivity index (χ0v) is 12.3. The zero-order chi connectivity index (χ0) is 14.7. The first-order valence-electron chi connectivity index (χ1n) is 6.92. The van der Waals surface area contributed by atoms with E-state index in [1.807, 2.05) is 32.0 Å². The van der Waals surface area contributed by atoms with Gasteiger partial charge in [-0.2, -0.15) is 0 Å². The Labute approximate surface area is 119 Å². The van der Waals surface area contributed by atoms with Gasteiger partial charge in [-0.3, -0.25) is 4.79 Å². The van der Waals surface area contributed by atoms with Crippen molar-refractivity contribution in [2.45, 2.75) is 25.7 Å². The fourth-order valence-electron chi connectivity index (χ4n) is 2.56. The van der Waals surface area contributed by atoms with Crippen molar-refractivity contribution in [2.75, 3.05) is 38.7 Å². The molecule has 1 amide bonds. The first-order valence-corrected chi connectivity index (χ1v) is 6.92. The summed E-state index contributed by atoms with van der Waals surface area (Å²) in [5.74, 6) is 1.66. The van der Waals surface area contributed by atoms with E-state index in [2.05, 4.69) is 9.97 Å². The van der Waals surface area contributed by atoms with Crippen LogP contribution in [-0.4, -0.2) is 59.7 Å². The van der Waals surface area contributed by atoms with Crippen LogP contribution < -0.4 is 4.90 Å². The van der Waals surface area contributed by atoms with Gasteiger partial charge >= 0.3 is 0 Å². The number of anilines is 1. The quantitative estimate of drug-likeness (QED) is 0.874. The van der Waals surface area contributed by atoms with E-state index in [0.29, 0.717) is 6.54 Å². The summed E-state index contributed by atoms with van der Waals surface area (Å²) in [6.45, 7) is 2.82. The fourth-order valence-corrected chi connectivity index (χ4v) is 2.56. The van der Waals surface area contributed by atoms with Gasteiger partial charge in [0.2, 0.25) is 5.91 Å². The van der Waals surface area contributed by atoms with Crippen molar-refractivity contribution < 1.29 is 9.90 Å². The Bertz CT molecular complexity index is 490. The second-order valence-corrected chi connectivity index (χ2v) is 5.43. The summed E-state index contributed by atoms with van der Waals surface area (Å²) < 4.78 is 0. The Hall–Kier alpha value is -1.69. The Morgan fingerprint density at radius 3 is 2.90 bits per heavy atom. The van der Waals surface area contributed by atoms with Crippen molar-refractivity contribution in [3.8, 4) is 0 Å². The number of aromatic nitrogens is 2. The van der Waals surface area contributed by atoms with Crippen LogP contribution in [0, 0.1) is 6.92 Å². The van der Waals surface area contributed by atoms with Crippen LogP contribution in [0.3, 0.4) is 0 Å². The van der Waals surface area contributed by atoms with Crippen LogP contribution >= 0.6 is 0 Å². The summed E-state index contributed by atoms with van der Waals surface area (Å²) in [7, 11) is 3.90. The highest BCUT2D eigenvalue weighted by Crippen LogP contribution is 2.27. The first-order chi connectivity index (χ1) is 9.51. The highest BCUT2D eigenvalue weighted by Gasteiger charge is 2.25. The molecule has 0 spiro atoms. The number of hydrogen-bond donors (Lipinski definition) is 1. The lowest BCUT2D eigenvalue weighted by molar-refractivity contribution is -0.135. The highest BCUT2D eigenvalue weighted by molar-refractivity contribution is 5.77. The minimum absolute atomic E-state index is 0.201. The van der Waals surface area contributed by atoms with Crippen LogP contribution in [0.25, 0.3) is 0 Å². The van der Waals surface area contributed by atoms with Crippen LogP contribution in [0.15, 0.2) is 6.07 Å². The largest absolute Gasteiger partial charge is 0.387 e. The number of aliphatic hydroxyl groups is 1. The SMILES string of the molecule is Cc1nc([C@H]2CCCN(C(=O)CO)C2)cc(N(C)C)n1. The number of aryl methyl sites for hydroxylation is 1. The maximum Gasteiger partial charge on any atom is 0.248 e. The van der Waals surface area contributed by atoms with Crippen LogP contribution in [0.2, 0.25) is 0 Å². The van der Waals surface area contributed by atoms with Gasteiger partial charge in [0, 0.05) is 39.2 Å². The monoisotopic (exact) mass is 278 g/mol. The lowest BCUT2D eigenvalue weighted by atomic mass is 9.94. The van der Waals surface area contributed by atoms with Crippen molar-refractivity contribution in [3.63, 3.8) is 0 Å². The smallest absolute Gasteiger partial charge is 0.248 e. The van der Waals surface area contributed by atoms with Crippen LogP contribution in [0.5, 0.6) is 0 Å². The third-order valence-corrected chi connectivity index (χ3v) is 3.63.